The number of carbonyl (C=O) groups is 1. The summed E-state index contributed by atoms with van der Waals surface area (Å²) in [4.78, 5) is 23.4. The van der Waals surface area contributed by atoms with E-state index < -0.39 is 0 Å². The Morgan fingerprint density at radius 2 is 2.11 bits per heavy atom. The monoisotopic (exact) mass is 398 g/mol. The molecule has 0 unspecified atom stereocenters. The molecule has 1 saturated heterocycles. The first-order chi connectivity index (χ1) is 13.7. The average molecular weight is 398 g/mol. The molecule has 28 heavy (non-hydrogen) atoms. The third-order valence-corrected chi connectivity index (χ3v) is 5.30. The predicted molar refractivity (Wildman–Crippen MR) is 106 cm³/mol. The number of hydrogen-bond donors (Lipinski definition) is 1. The van der Waals surface area contributed by atoms with Crippen molar-refractivity contribution in [3.63, 3.8) is 0 Å². The van der Waals surface area contributed by atoms with Crippen LogP contribution in [0.25, 0.3) is 10.6 Å². The molecule has 2 aromatic heterocycles. The van der Waals surface area contributed by atoms with Crippen LogP contribution in [0.15, 0.2) is 48.0 Å². The van der Waals surface area contributed by atoms with Crippen molar-refractivity contribution in [2.75, 3.05) is 31.2 Å². The number of morpholine rings is 1. The first-order valence-corrected chi connectivity index (χ1v) is 9.84. The van der Waals surface area contributed by atoms with E-state index in [1.807, 2.05) is 12.1 Å². The van der Waals surface area contributed by atoms with Gasteiger partial charge in [0.1, 0.15) is 22.3 Å². The second-order valence-corrected chi connectivity index (χ2v) is 7.21. The highest BCUT2D eigenvalue weighted by Crippen LogP contribution is 2.26. The van der Waals surface area contributed by atoms with Crippen molar-refractivity contribution in [1.82, 2.24) is 15.3 Å². The third kappa shape index (κ3) is 4.35. The van der Waals surface area contributed by atoms with Crippen molar-refractivity contribution in [3.05, 3.63) is 65.0 Å². The zero-order valence-corrected chi connectivity index (χ0v) is 15.9. The Balaban J connectivity index is 1.44. The first-order valence-electron chi connectivity index (χ1n) is 8.96. The SMILES string of the molecule is O=C(NCc1cccc(F)c1)c1csc(-c2ccnc(N3CCOCC3)c2)n1. The fourth-order valence-corrected chi connectivity index (χ4v) is 3.74. The van der Waals surface area contributed by atoms with Gasteiger partial charge in [0.25, 0.3) is 5.91 Å². The number of thiazole rings is 1. The molecule has 1 N–H and O–H groups in total. The van der Waals surface area contributed by atoms with Gasteiger partial charge in [0.2, 0.25) is 0 Å². The summed E-state index contributed by atoms with van der Waals surface area (Å²) < 4.78 is 18.6. The molecule has 4 rings (SSSR count). The van der Waals surface area contributed by atoms with Crippen LogP contribution in [0.2, 0.25) is 0 Å². The molecule has 1 aliphatic heterocycles. The molecule has 0 spiro atoms. The number of pyridine rings is 1. The van der Waals surface area contributed by atoms with E-state index in [1.165, 1.54) is 23.5 Å². The molecule has 1 aliphatic rings. The maximum absolute atomic E-state index is 13.2. The van der Waals surface area contributed by atoms with E-state index in [4.69, 9.17) is 4.74 Å². The Morgan fingerprint density at radius 1 is 1.25 bits per heavy atom. The van der Waals surface area contributed by atoms with Crippen LogP contribution in [0, 0.1) is 5.82 Å². The summed E-state index contributed by atoms with van der Waals surface area (Å²) in [5.74, 6) is 0.277. The van der Waals surface area contributed by atoms with Crippen molar-refractivity contribution in [2.24, 2.45) is 0 Å². The minimum Gasteiger partial charge on any atom is -0.378 e. The average Bonchev–Trinajstić information content (AvgIpc) is 3.23. The molecule has 3 heterocycles. The van der Waals surface area contributed by atoms with Crippen LogP contribution >= 0.6 is 11.3 Å². The number of amides is 1. The molecular formula is C20H19FN4O2S. The third-order valence-electron chi connectivity index (χ3n) is 4.41. The highest BCUT2D eigenvalue weighted by Gasteiger charge is 2.15. The van der Waals surface area contributed by atoms with Crippen LogP contribution in [0.4, 0.5) is 10.2 Å². The molecule has 3 aromatic rings. The van der Waals surface area contributed by atoms with Crippen LogP contribution in [-0.2, 0) is 11.3 Å². The zero-order valence-electron chi connectivity index (χ0n) is 15.1. The number of carbonyl (C=O) groups excluding carboxylic acids is 1. The molecule has 144 valence electrons. The zero-order chi connectivity index (χ0) is 19.3. The maximum atomic E-state index is 13.2. The second-order valence-electron chi connectivity index (χ2n) is 6.35. The molecule has 0 bridgehead atoms. The lowest BCUT2D eigenvalue weighted by molar-refractivity contribution is 0.0946. The normalized spacial score (nSPS) is 14.1. The molecule has 8 heteroatoms. The number of halogens is 1. The Kier molecular flexibility index (Phi) is 5.59. The van der Waals surface area contributed by atoms with Crippen molar-refractivity contribution in [1.29, 1.82) is 0 Å². The Bertz CT molecular complexity index is 972. The smallest absolute Gasteiger partial charge is 0.271 e. The van der Waals surface area contributed by atoms with Crippen LogP contribution in [0.1, 0.15) is 16.1 Å². The molecule has 6 nitrogen and oxygen atoms in total. The van der Waals surface area contributed by atoms with Gasteiger partial charge in [-0.05, 0) is 29.8 Å². The van der Waals surface area contributed by atoms with Crippen molar-refractivity contribution >= 4 is 23.1 Å². The van der Waals surface area contributed by atoms with Gasteiger partial charge in [-0.3, -0.25) is 4.79 Å². The lowest BCUT2D eigenvalue weighted by atomic mass is 10.2. The predicted octanol–water partition coefficient (Wildman–Crippen LogP) is 3.11. The number of nitrogens with zero attached hydrogens (tertiary/aromatic N) is 3. The van der Waals surface area contributed by atoms with E-state index in [0.717, 1.165) is 29.5 Å². The summed E-state index contributed by atoms with van der Waals surface area (Å²) in [7, 11) is 0. The van der Waals surface area contributed by atoms with Gasteiger partial charge in [-0.15, -0.1) is 11.3 Å². The largest absolute Gasteiger partial charge is 0.378 e. The van der Waals surface area contributed by atoms with Crippen LogP contribution < -0.4 is 10.2 Å². The Hall–Kier alpha value is -2.84. The molecular weight excluding hydrogens is 379 g/mol. The van der Waals surface area contributed by atoms with E-state index in [0.29, 0.717) is 24.5 Å². The topological polar surface area (TPSA) is 67.4 Å². The van der Waals surface area contributed by atoms with Crippen LogP contribution in [0.3, 0.4) is 0 Å². The van der Waals surface area contributed by atoms with Gasteiger partial charge in [0, 0.05) is 36.8 Å². The molecule has 0 atom stereocenters. The van der Waals surface area contributed by atoms with Gasteiger partial charge in [0.05, 0.1) is 13.2 Å². The molecule has 0 aliphatic carbocycles. The number of anilines is 1. The minimum absolute atomic E-state index is 0.250. The quantitative estimate of drug-likeness (QED) is 0.715. The standard InChI is InChI=1S/C20H19FN4O2S/c21-16-3-1-2-14(10-16)12-23-19(26)17-13-28-20(24-17)15-4-5-22-18(11-15)25-6-8-27-9-7-25/h1-5,10-11,13H,6-9,12H2,(H,23,26). The second kappa shape index (κ2) is 8.45. The number of rotatable bonds is 5. The summed E-state index contributed by atoms with van der Waals surface area (Å²) in [6.45, 7) is 3.25. The van der Waals surface area contributed by atoms with Gasteiger partial charge in [0.15, 0.2) is 0 Å². The maximum Gasteiger partial charge on any atom is 0.271 e. The summed E-state index contributed by atoms with van der Waals surface area (Å²) in [6.07, 6.45) is 1.76. The van der Waals surface area contributed by atoms with Crippen LogP contribution in [0.5, 0.6) is 0 Å². The van der Waals surface area contributed by atoms with E-state index in [1.54, 1.807) is 23.7 Å². The van der Waals surface area contributed by atoms with Crippen molar-refractivity contribution < 1.29 is 13.9 Å². The van der Waals surface area contributed by atoms with Crippen LogP contribution in [-0.4, -0.2) is 42.2 Å². The molecule has 1 aromatic carbocycles. The summed E-state index contributed by atoms with van der Waals surface area (Å²) in [6, 6.07) is 10.0. The number of aromatic nitrogens is 2. The first kappa shape index (κ1) is 18.5. The molecule has 1 fully saturated rings. The van der Waals surface area contributed by atoms with Crippen molar-refractivity contribution in [3.8, 4) is 10.6 Å². The fourth-order valence-electron chi connectivity index (χ4n) is 2.95. The van der Waals surface area contributed by atoms with Gasteiger partial charge in [-0.1, -0.05) is 12.1 Å². The highest BCUT2D eigenvalue weighted by molar-refractivity contribution is 7.13. The van der Waals surface area contributed by atoms with Gasteiger partial charge in [-0.2, -0.15) is 0 Å². The van der Waals surface area contributed by atoms with E-state index in [2.05, 4.69) is 20.2 Å². The molecule has 1 amide bonds. The molecule has 0 radical (unpaired) electrons. The number of ether oxygens (including phenoxy) is 1. The molecule has 0 saturated carbocycles. The number of hydrogen-bond acceptors (Lipinski definition) is 6. The number of nitrogens with one attached hydrogen (secondary N) is 1. The van der Waals surface area contributed by atoms with E-state index in [-0.39, 0.29) is 18.3 Å². The van der Waals surface area contributed by atoms with E-state index in [9.17, 15) is 9.18 Å². The van der Waals surface area contributed by atoms with Gasteiger partial charge in [-0.25, -0.2) is 14.4 Å². The summed E-state index contributed by atoms with van der Waals surface area (Å²) >= 11 is 1.41. The van der Waals surface area contributed by atoms with Gasteiger partial charge < -0.3 is 15.0 Å². The van der Waals surface area contributed by atoms with Crippen molar-refractivity contribution in [2.45, 2.75) is 6.54 Å². The number of benzene rings is 1. The lowest BCUT2D eigenvalue weighted by Gasteiger charge is -2.27. The summed E-state index contributed by atoms with van der Waals surface area (Å²) in [5.41, 5.74) is 1.97. The minimum atomic E-state index is -0.323. The fraction of sp³-hybridized carbons (Fsp3) is 0.250. The summed E-state index contributed by atoms with van der Waals surface area (Å²) in [5, 5.41) is 5.26. The lowest BCUT2D eigenvalue weighted by Crippen LogP contribution is -2.36. The highest BCUT2D eigenvalue weighted by atomic mass is 32.1. The Morgan fingerprint density at radius 3 is 2.93 bits per heavy atom. The van der Waals surface area contributed by atoms with Gasteiger partial charge >= 0.3 is 0 Å². The van der Waals surface area contributed by atoms with E-state index >= 15 is 0 Å². The Labute approximate surface area is 166 Å².